The number of para-hydroxylation sites is 1. The monoisotopic (exact) mass is 363 g/mol. The van der Waals surface area contributed by atoms with Gasteiger partial charge in [0, 0.05) is 18.5 Å². The van der Waals surface area contributed by atoms with Crippen LogP contribution in [-0.4, -0.2) is 46.7 Å². The molecule has 0 unspecified atom stereocenters. The second-order valence-electron chi connectivity index (χ2n) is 7.40. The third-order valence-electron chi connectivity index (χ3n) is 5.10. The van der Waals surface area contributed by atoms with Gasteiger partial charge in [0.05, 0.1) is 23.4 Å². The average Bonchev–Trinajstić information content (AvgIpc) is 3.32. The second-order valence-corrected chi connectivity index (χ2v) is 7.40. The number of urea groups is 1. The summed E-state index contributed by atoms with van der Waals surface area (Å²) in [6, 6.07) is 14.5. The molecule has 0 saturated carbocycles. The van der Waals surface area contributed by atoms with Gasteiger partial charge in [0.2, 0.25) is 0 Å². The number of H-pyrrole nitrogens is 1. The van der Waals surface area contributed by atoms with Crippen molar-refractivity contribution < 1.29 is 4.79 Å². The molecule has 1 fully saturated rings. The molecule has 2 N–H and O–H groups in total. The maximum absolute atomic E-state index is 13.0. The van der Waals surface area contributed by atoms with Crippen LogP contribution in [0.4, 0.5) is 10.5 Å². The summed E-state index contributed by atoms with van der Waals surface area (Å²) in [5.74, 6) is 0. The molecule has 140 valence electrons. The van der Waals surface area contributed by atoms with E-state index in [1.807, 2.05) is 23.1 Å². The smallest absolute Gasteiger partial charge is 0.317 e. The van der Waals surface area contributed by atoms with Crippen molar-refractivity contribution in [3.63, 3.8) is 0 Å². The van der Waals surface area contributed by atoms with Gasteiger partial charge in [-0.3, -0.25) is 5.10 Å². The zero-order chi connectivity index (χ0) is 18.8. The second kappa shape index (κ2) is 7.40. The van der Waals surface area contributed by atoms with Crippen LogP contribution < -0.4 is 5.32 Å². The highest BCUT2D eigenvalue weighted by molar-refractivity contribution is 5.99. The summed E-state index contributed by atoms with van der Waals surface area (Å²) in [4.78, 5) is 17.0. The van der Waals surface area contributed by atoms with E-state index in [9.17, 15) is 4.79 Å². The Labute approximate surface area is 159 Å². The Morgan fingerprint density at radius 2 is 2.07 bits per heavy atom. The summed E-state index contributed by atoms with van der Waals surface area (Å²) in [5, 5.41) is 11.1. The highest BCUT2D eigenvalue weighted by Crippen LogP contribution is 2.33. The molecule has 0 spiro atoms. The van der Waals surface area contributed by atoms with Gasteiger partial charge in [-0.05, 0) is 44.1 Å². The molecule has 1 aliphatic heterocycles. The Hall–Kier alpha value is -2.86. The molecule has 27 heavy (non-hydrogen) atoms. The van der Waals surface area contributed by atoms with E-state index in [1.165, 1.54) is 11.1 Å². The Kier molecular flexibility index (Phi) is 4.81. The van der Waals surface area contributed by atoms with Gasteiger partial charge in [-0.15, -0.1) is 0 Å². The number of carbonyl (C=O) groups is 1. The van der Waals surface area contributed by atoms with E-state index in [1.54, 1.807) is 6.20 Å². The molecule has 2 amide bonds. The fraction of sp³-hybridized carbons (Fsp3) is 0.333. The molecule has 1 atom stereocenters. The van der Waals surface area contributed by atoms with Gasteiger partial charge >= 0.3 is 6.03 Å². The number of aromatic amines is 1. The maximum atomic E-state index is 13.0. The van der Waals surface area contributed by atoms with Gasteiger partial charge in [0.15, 0.2) is 0 Å². The molecule has 0 radical (unpaired) electrons. The van der Waals surface area contributed by atoms with E-state index < -0.39 is 0 Å². The van der Waals surface area contributed by atoms with E-state index >= 15 is 0 Å². The molecule has 3 aromatic rings. The first-order valence-corrected chi connectivity index (χ1v) is 9.35. The zero-order valence-corrected chi connectivity index (χ0v) is 15.8. The lowest BCUT2D eigenvalue weighted by molar-refractivity contribution is 0.207. The van der Waals surface area contributed by atoms with E-state index in [4.69, 9.17) is 0 Å². The molecular weight excluding hydrogens is 338 g/mol. The molecule has 4 rings (SSSR count). The lowest BCUT2D eigenvalue weighted by atomic mass is 10.0. The highest BCUT2D eigenvalue weighted by Gasteiger charge is 2.30. The molecule has 1 saturated heterocycles. The minimum Gasteiger partial charge on any atom is -0.317 e. The molecular formula is C21H25N5O. The van der Waals surface area contributed by atoms with E-state index in [0.717, 1.165) is 42.5 Å². The van der Waals surface area contributed by atoms with Crippen LogP contribution in [0.3, 0.4) is 0 Å². The van der Waals surface area contributed by atoms with Crippen LogP contribution in [0.2, 0.25) is 0 Å². The number of amides is 2. The lowest BCUT2D eigenvalue weighted by Crippen LogP contribution is -2.34. The average molecular weight is 363 g/mol. The number of aromatic nitrogens is 2. The number of likely N-dealkylation sites (tertiary alicyclic amines) is 1. The summed E-state index contributed by atoms with van der Waals surface area (Å²) in [6.07, 6.45) is 3.78. The molecule has 2 aromatic carbocycles. The highest BCUT2D eigenvalue weighted by atomic mass is 16.2. The van der Waals surface area contributed by atoms with Crippen LogP contribution >= 0.6 is 0 Å². The summed E-state index contributed by atoms with van der Waals surface area (Å²) >= 11 is 0. The third kappa shape index (κ3) is 3.66. The van der Waals surface area contributed by atoms with Gasteiger partial charge in [-0.25, -0.2) is 4.79 Å². The summed E-state index contributed by atoms with van der Waals surface area (Å²) < 4.78 is 0. The first-order valence-electron chi connectivity index (χ1n) is 9.35. The minimum absolute atomic E-state index is 0.0584. The van der Waals surface area contributed by atoms with Crippen molar-refractivity contribution >= 4 is 22.6 Å². The van der Waals surface area contributed by atoms with Crippen molar-refractivity contribution in [3.05, 3.63) is 59.8 Å². The van der Waals surface area contributed by atoms with Crippen LogP contribution in [0.1, 0.15) is 30.0 Å². The van der Waals surface area contributed by atoms with Crippen LogP contribution in [-0.2, 0) is 6.54 Å². The topological polar surface area (TPSA) is 64.3 Å². The zero-order valence-electron chi connectivity index (χ0n) is 15.8. The lowest BCUT2D eigenvalue weighted by Gasteiger charge is -2.25. The molecule has 0 aliphatic carbocycles. The minimum atomic E-state index is -0.0584. The Morgan fingerprint density at radius 1 is 1.26 bits per heavy atom. The van der Waals surface area contributed by atoms with Gasteiger partial charge in [0.1, 0.15) is 0 Å². The molecule has 6 heteroatoms. The fourth-order valence-electron chi connectivity index (χ4n) is 3.83. The number of rotatable bonds is 4. The molecule has 2 heterocycles. The van der Waals surface area contributed by atoms with Crippen molar-refractivity contribution in [2.75, 3.05) is 26.0 Å². The Bertz CT molecular complexity index is 931. The number of benzene rings is 2. The maximum Gasteiger partial charge on any atom is 0.322 e. The van der Waals surface area contributed by atoms with Crippen molar-refractivity contribution in [2.45, 2.75) is 25.4 Å². The largest absolute Gasteiger partial charge is 0.322 e. The number of hydrogen-bond donors (Lipinski definition) is 2. The quantitative estimate of drug-likeness (QED) is 0.736. The molecule has 1 aromatic heterocycles. The van der Waals surface area contributed by atoms with E-state index in [2.05, 4.69) is 58.8 Å². The number of nitrogens with zero attached hydrogens (tertiary/aromatic N) is 3. The predicted molar refractivity (Wildman–Crippen MR) is 108 cm³/mol. The Morgan fingerprint density at radius 3 is 2.85 bits per heavy atom. The van der Waals surface area contributed by atoms with Crippen molar-refractivity contribution in [3.8, 4) is 0 Å². The first-order chi connectivity index (χ1) is 13.1. The van der Waals surface area contributed by atoms with Crippen LogP contribution in [0.5, 0.6) is 0 Å². The van der Waals surface area contributed by atoms with E-state index in [-0.39, 0.29) is 12.1 Å². The SMILES string of the molecule is CN(C)Cc1ccc([C@H]2CCCN2C(=O)Nc2cccc3cn[nH]c23)cc1. The summed E-state index contributed by atoms with van der Waals surface area (Å²) in [5.41, 5.74) is 4.10. The summed E-state index contributed by atoms with van der Waals surface area (Å²) in [6.45, 7) is 1.69. The normalized spacial score (nSPS) is 17.0. The Balaban J connectivity index is 1.50. The molecule has 1 aliphatic rings. The summed E-state index contributed by atoms with van der Waals surface area (Å²) in [7, 11) is 4.13. The number of fused-ring (bicyclic) bond motifs is 1. The number of nitrogens with one attached hydrogen (secondary N) is 2. The van der Waals surface area contributed by atoms with Gasteiger partial charge in [-0.2, -0.15) is 5.10 Å². The molecule has 0 bridgehead atoms. The molecule has 6 nitrogen and oxygen atoms in total. The van der Waals surface area contributed by atoms with Crippen molar-refractivity contribution in [1.29, 1.82) is 0 Å². The van der Waals surface area contributed by atoms with E-state index in [0.29, 0.717) is 0 Å². The van der Waals surface area contributed by atoms with Crippen LogP contribution in [0.15, 0.2) is 48.7 Å². The number of carbonyl (C=O) groups excluding carboxylic acids is 1. The first kappa shape index (κ1) is 17.5. The van der Waals surface area contributed by atoms with Crippen LogP contribution in [0.25, 0.3) is 10.9 Å². The van der Waals surface area contributed by atoms with Crippen molar-refractivity contribution in [1.82, 2.24) is 20.0 Å². The van der Waals surface area contributed by atoms with Gasteiger partial charge < -0.3 is 15.1 Å². The van der Waals surface area contributed by atoms with Crippen molar-refractivity contribution in [2.24, 2.45) is 0 Å². The van der Waals surface area contributed by atoms with Gasteiger partial charge in [-0.1, -0.05) is 36.4 Å². The number of hydrogen-bond acceptors (Lipinski definition) is 3. The number of anilines is 1. The predicted octanol–water partition coefficient (Wildman–Crippen LogP) is 3.99. The standard InChI is InChI=1S/C21H25N5O/c1-25(2)14-15-8-10-16(11-9-15)19-7-4-12-26(19)21(27)23-18-6-3-5-17-13-22-24-20(17)18/h3,5-6,8-11,13,19H,4,7,12,14H2,1-2H3,(H,22,24)(H,23,27)/t19-/m1/s1. The fourth-order valence-corrected chi connectivity index (χ4v) is 3.83. The third-order valence-corrected chi connectivity index (χ3v) is 5.10. The van der Waals surface area contributed by atoms with Crippen LogP contribution in [0, 0.1) is 0 Å². The van der Waals surface area contributed by atoms with Gasteiger partial charge in [0.25, 0.3) is 0 Å².